The number of primary amides is 1. The van der Waals surface area contributed by atoms with Crippen molar-refractivity contribution in [1.82, 2.24) is 5.32 Å². The van der Waals surface area contributed by atoms with Gasteiger partial charge in [-0.1, -0.05) is 0 Å². The van der Waals surface area contributed by atoms with Gasteiger partial charge in [0.25, 0.3) is 0 Å². The molecule has 6 heteroatoms. The van der Waals surface area contributed by atoms with E-state index >= 15 is 0 Å². The number of benzene rings is 1. The molecule has 0 aromatic heterocycles. The molecule has 0 radical (unpaired) electrons. The van der Waals surface area contributed by atoms with Crippen molar-refractivity contribution in [3.8, 4) is 5.75 Å². The SMILES string of the molecule is CC(NCC(O)C(N)=O)c1cc(F)ccc1O. The van der Waals surface area contributed by atoms with Crippen molar-refractivity contribution in [2.45, 2.75) is 19.1 Å². The Labute approximate surface area is 98.1 Å². The number of halogens is 1. The van der Waals surface area contributed by atoms with Gasteiger partial charge in [0.2, 0.25) is 5.91 Å². The summed E-state index contributed by atoms with van der Waals surface area (Å²) >= 11 is 0. The van der Waals surface area contributed by atoms with E-state index in [-0.39, 0.29) is 12.3 Å². The molecule has 5 N–H and O–H groups in total. The van der Waals surface area contributed by atoms with Crippen molar-refractivity contribution < 1.29 is 19.4 Å². The normalized spacial score (nSPS) is 14.3. The molecule has 17 heavy (non-hydrogen) atoms. The molecule has 2 atom stereocenters. The van der Waals surface area contributed by atoms with Crippen LogP contribution in [0.25, 0.3) is 0 Å². The molecule has 2 unspecified atom stereocenters. The smallest absolute Gasteiger partial charge is 0.247 e. The average molecular weight is 242 g/mol. The highest BCUT2D eigenvalue weighted by Crippen LogP contribution is 2.24. The first-order chi connectivity index (χ1) is 7.91. The number of nitrogens with one attached hydrogen (secondary N) is 1. The van der Waals surface area contributed by atoms with Crippen LogP contribution >= 0.6 is 0 Å². The topological polar surface area (TPSA) is 95.6 Å². The van der Waals surface area contributed by atoms with Gasteiger partial charge in [-0.3, -0.25) is 4.79 Å². The number of hydrogen-bond acceptors (Lipinski definition) is 4. The van der Waals surface area contributed by atoms with Gasteiger partial charge in [-0.05, 0) is 25.1 Å². The van der Waals surface area contributed by atoms with E-state index in [2.05, 4.69) is 5.32 Å². The third kappa shape index (κ3) is 3.69. The van der Waals surface area contributed by atoms with Crippen LogP contribution < -0.4 is 11.1 Å². The Morgan fingerprint density at radius 3 is 2.82 bits per heavy atom. The summed E-state index contributed by atoms with van der Waals surface area (Å²) in [6.45, 7) is 1.61. The maximum Gasteiger partial charge on any atom is 0.247 e. The second-order valence-corrected chi connectivity index (χ2v) is 3.75. The van der Waals surface area contributed by atoms with Gasteiger partial charge < -0.3 is 21.3 Å². The fraction of sp³-hybridized carbons (Fsp3) is 0.364. The molecule has 1 aromatic rings. The first-order valence-corrected chi connectivity index (χ1v) is 5.11. The zero-order chi connectivity index (χ0) is 13.0. The lowest BCUT2D eigenvalue weighted by Crippen LogP contribution is -2.38. The number of phenolic OH excluding ortho intramolecular Hbond substituents is 1. The van der Waals surface area contributed by atoms with E-state index in [0.717, 1.165) is 6.07 Å². The number of carbonyl (C=O) groups is 1. The minimum Gasteiger partial charge on any atom is -0.508 e. The molecule has 0 saturated heterocycles. The van der Waals surface area contributed by atoms with Crippen LogP contribution in [0, 0.1) is 5.82 Å². The Bertz CT molecular complexity index is 412. The molecule has 0 spiro atoms. The molecule has 0 aliphatic carbocycles. The van der Waals surface area contributed by atoms with Gasteiger partial charge in [0.05, 0.1) is 0 Å². The van der Waals surface area contributed by atoms with Crippen molar-refractivity contribution in [2.24, 2.45) is 5.73 Å². The van der Waals surface area contributed by atoms with E-state index in [4.69, 9.17) is 5.73 Å². The summed E-state index contributed by atoms with van der Waals surface area (Å²) in [5.74, 6) is -1.37. The Kier molecular flexibility index (Phi) is 4.42. The summed E-state index contributed by atoms with van der Waals surface area (Å²) in [6, 6.07) is 3.15. The predicted molar refractivity (Wildman–Crippen MR) is 59.7 cm³/mol. The van der Waals surface area contributed by atoms with Crippen molar-refractivity contribution in [2.75, 3.05) is 6.54 Å². The van der Waals surface area contributed by atoms with Crippen molar-refractivity contribution in [3.63, 3.8) is 0 Å². The van der Waals surface area contributed by atoms with Crippen LogP contribution in [0.2, 0.25) is 0 Å². The number of aliphatic hydroxyl groups is 1. The van der Waals surface area contributed by atoms with Crippen molar-refractivity contribution in [3.05, 3.63) is 29.6 Å². The van der Waals surface area contributed by atoms with Crippen LogP contribution in [0.3, 0.4) is 0 Å². The van der Waals surface area contributed by atoms with E-state index in [1.54, 1.807) is 6.92 Å². The largest absolute Gasteiger partial charge is 0.508 e. The van der Waals surface area contributed by atoms with Gasteiger partial charge in [0.15, 0.2) is 0 Å². The number of aliphatic hydroxyl groups excluding tert-OH is 1. The predicted octanol–water partition coefficient (Wildman–Crippen LogP) is 0.0281. The molecule has 0 aliphatic heterocycles. The molecular formula is C11H15FN2O3. The lowest BCUT2D eigenvalue weighted by molar-refractivity contribution is -0.125. The second-order valence-electron chi connectivity index (χ2n) is 3.75. The van der Waals surface area contributed by atoms with E-state index in [9.17, 15) is 19.4 Å². The monoisotopic (exact) mass is 242 g/mol. The molecular weight excluding hydrogens is 227 g/mol. The minimum atomic E-state index is -1.31. The zero-order valence-electron chi connectivity index (χ0n) is 9.35. The van der Waals surface area contributed by atoms with Crippen molar-refractivity contribution in [1.29, 1.82) is 0 Å². The lowest BCUT2D eigenvalue weighted by atomic mass is 10.1. The Hall–Kier alpha value is -1.66. The molecule has 0 bridgehead atoms. The maximum absolute atomic E-state index is 13.0. The highest BCUT2D eigenvalue weighted by Gasteiger charge is 2.15. The third-order valence-corrected chi connectivity index (χ3v) is 2.40. The molecule has 1 amide bonds. The quantitative estimate of drug-likeness (QED) is 0.585. The summed E-state index contributed by atoms with van der Waals surface area (Å²) in [4.78, 5) is 10.6. The van der Waals surface area contributed by atoms with Crippen LogP contribution in [0.4, 0.5) is 4.39 Å². The number of amides is 1. The highest BCUT2D eigenvalue weighted by molar-refractivity contribution is 5.78. The Morgan fingerprint density at radius 2 is 2.24 bits per heavy atom. The molecule has 1 rings (SSSR count). The Balaban J connectivity index is 2.66. The minimum absolute atomic E-state index is 0.0556. The van der Waals surface area contributed by atoms with Crippen LogP contribution in [0.1, 0.15) is 18.5 Å². The standard InChI is InChI=1S/C11H15FN2O3/c1-6(14-5-10(16)11(13)17)8-4-7(12)2-3-9(8)15/h2-4,6,10,14-16H,5H2,1H3,(H2,13,17). The highest BCUT2D eigenvalue weighted by atomic mass is 19.1. The van der Waals surface area contributed by atoms with Gasteiger partial charge in [-0.15, -0.1) is 0 Å². The second kappa shape index (κ2) is 5.60. The number of aromatic hydroxyl groups is 1. The molecule has 0 saturated carbocycles. The number of hydrogen-bond donors (Lipinski definition) is 4. The molecule has 0 heterocycles. The molecule has 0 fully saturated rings. The van der Waals surface area contributed by atoms with Gasteiger partial charge >= 0.3 is 0 Å². The summed E-state index contributed by atoms with van der Waals surface area (Å²) < 4.78 is 13.0. The fourth-order valence-corrected chi connectivity index (χ4v) is 1.37. The van der Waals surface area contributed by atoms with Gasteiger partial charge in [0, 0.05) is 18.2 Å². The molecule has 94 valence electrons. The fourth-order valence-electron chi connectivity index (χ4n) is 1.37. The number of nitrogens with two attached hydrogens (primary N) is 1. The lowest BCUT2D eigenvalue weighted by Gasteiger charge is -2.17. The number of carbonyl (C=O) groups excluding carboxylic acids is 1. The summed E-state index contributed by atoms with van der Waals surface area (Å²) in [7, 11) is 0. The van der Waals surface area contributed by atoms with E-state index < -0.39 is 23.9 Å². The number of rotatable bonds is 5. The van der Waals surface area contributed by atoms with E-state index in [1.165, 1.54) is 12.1 Å². The molecule has 5 nitrogen and oxygen atoms in total. The van der Waals surface area contributed by atoms with Gasteiger partial charge in [0.1, 0.15) is 17.7 Å². The summed E-state index contributed by atoms with van der Waals surface area (Å²) in [5.41, 5.74) is 5.23. The van der Waals surface area contributed by atoms with Crippen LogP contribution in [-0.2, 0) is 4.79 Å². The molecule has 0 aliphatic rings. The Morgan fingerprint density at radius 1 is 1.59 bits per heavy atom. The zero-order valence-corrected chi connectivity index (χ0v) is 9.35. The van der Waals surface area contributed by atoms with Gasteiger partial charge in [-0.25, -0.2) is 4.39 Å². The van der Waals surface area contributed by atoms with Crippen LogP contribution in [0.15, 0.2) is 18.2 Å². The van der Waals surface area contributed by atoms with Gasteiger partial charge in [-0.2, -0.15) is 0 Å². The molecule has 1 aromatic carbocycles. The summed E-state index contributed by atoms with van der Waals surface area (Å²) in [5, 5.41) is 21.5. The van der Waals surface area contributed by atoms with Crippen LogP contribution in [0.5, 0.6) is 5.75 Å². The van der Waals surface area contributed by atoms with Crippen LogP contribution in [-0.4, -0.2) is 28.8 Å². The summed E-state index contributed by atoms with van der Waals surface area (Å²) in [6.07, 6.45) is -1.31. The van der Waals surface area contributed by atoms with E-state index in [0.29, 0.717) is 5.56 Å². The first-order valence-electron chi connectivity index (χ1n) is 5.11. The average Bonchev–Trinajstić information content (AvgIpc) is 2.28. The first kappa shape index (κ1) is 13.4. The third-order valence-electron chi connectivity index (χ3n) is 2.40. The number of phenols is 1. The maximum atomic E-state index is 13.0. The van der Waals surface area contributed by atoms with Crippen molar-refractivity contribution >= 4 is 5.91 Å². The van der Waals surface area contributed by atoms with E-state index in [1.807, 2.05) is 0 Å².